The first-order chi connectivity index (χ1) is 19.6. The zero-order chi connectivity index (χ0) is 26.8. The maximum Gasteiger partial charge on any atom is 0.319 e. The van der Waals surface area contributed by atoms with Crippen LogP contribution in [0.3, 0.4) is 0 Å². The van der Waals surface area contributed by atoms with Crippen molar-refractivity contribution < 1.29 is 9.13 Å². The molecule has 5 heterocycles. The fourth-order valence-electron chi connectivity index (χ4n) is 6.59. The average molecular weight is 556 g/mol. The molecule has 2 aromatic carbocycles. The number of hydrogen-bond acceptors (Lipinski definition) is 7. The molecule has 202 valence electrons. The topological polar surface area (TPSA) is 91.9 Å². The first kappa shape index (κ1) is 24.0. The van der Waals surface area contributed by atoms with E-state index in [1.807, 2.05) is 42.6 Å². The zero-order valence-corrected chi connectivity index (χ0v) is 22.5. The van der Waals surface area contributed by atoms with Crippen LogP contribution in [-0.2, 0) is 12.8 Å². The maximum absolute atomic E-state index is 16.5. The van der Waals surface area contributed by atoms with Crippen LogP contribution in [0.1, 0.15) is 30.5 Å². The van der Waals surface area contributed by atoms with E-state index in [9.17, 15) is 0 Å². The van der Waals surface area contributed by atoms with Crippen molar-refractivity contribution >= 4 is 39.1 Å². The van der Waals surface area contributed by atoms with Gasteiger partial charge >= 0.3 is 6.01 Å². The zero-order valence-electron chi connectivity index (χ0n) is 21.7. The highest BCUT2D eigenvalue weighted by atomic mass is 35.5. The van der Waals surface area contributed by atoms with E-state index in [-0.39, 0.29) is 23.3 Å². The summed E-state index contributed by atoms with van der Waals surface area (Å²) in [5, 5.41) is 13.7. The van der Waals surface area contributed by atoms with Crippen molar-refractivity contribution in [2.24, 2.45) is 0 Å². The lowest BCUT2D eigenvalue weighted by atomic mass is 9.96. The second kappa shape index (κ2) is 9.38. The molecular formula is C30H27ClFN7O. The van der Waals surface area contributed by atoms with Crippen LogP contribution in [0.5, 0.6) is 6.01 Å². The van der Waals surface area contributed by atoms with Gasteiger partial charge in [0.2, 0.25) is 0 Å². The summed E-state index contributed by atoms with van der Waals surface area (Å²) in [5.74, 6) is 0.168. The van der Waals surface area contributed by atoms with E-state index >= 15 is 4.39 Å². The molecule has 40 heavy (non-hydrogen) atoms. The van der Waals surface area contributed by atoms with Crippen molar-refractivity contribution in [3.8, 4) is 17.3 Å². The molecule has 10 heteroatoms. The summed E-state index contributed by atoms with van der Waals surface area (Å²) >= 11 is 6.59. The Labute approximate surface area is 234 Å². The van der Waals surface area contributed by atoms with Crippen molar-refractivity contribution in [1.29, 1.82) is 0 Å². The Morgan fingerprint density at radius 1 is 1.00 bits per heavy atom. The minimum Gasteiger partial charge on any atom is -0.460 e. The average Bonchev–Trinajstić information content (AvgIpc) is 3.58. The molecule has 3 atom stereocenters. The summed E-state index contributed by atoms with van der Waals surface area (Å²) in [6.45, 7) is 1.59. The Morgan fingerprint density at radius 2 is 1.82 bits per heavy atom. The molecule has 0 spiro atoms. The molecule has 2 N–H and O–H groups in total. The third-order valence-corrected chi connectivity index (χ3v) is 8.83. The number of H-pyrrole nitrogens is 1. The molecule has 2 aliphatic heterocycles. The van der Waals surface area contributed by atoms with Crippen molar-refractivity contribution in [3.63, 3.8) is 0 Å². The minimum atomic E-state index is -0.504. The van der Waals surface area contributed by atoms with Gasteiger partial charge in [0.15, 0.2) is 5.82 Å². The van der Waals surface area contributed by atoms with E-state index in [0.29, 0.717) is 40.3 Å². The van der Waals surface area contributed by atoms with Gasteiger partial charge in [0.05, 0.1) is 11.6 Å². The molecule has 5 aromatic rings. The fraction of sp³-hybridized carbons (Fsp3) is 0.333. The second-order valence-corrected chi connectivity index (χ2v) is 11.5. The number of halogens is 2. The van der Waals surface area contributed by atoms with Crippen LogP contribution >= 0.6 is 11.6 Å². The van der Waals surface area contributed by atoms with Crippen LogP contribution in [-0.4, -0.2) is 56.4 Å². The highest BCUT2D eigenvalue weighted by molar-refractivity contribution is 6.36. The highest BCUT2D eigenvalue weighted by Gasteiger charge is 2.34. The van der Waals surface area contributed by atoms with E-state index in [4.69, 9.17) is 21.3 Å². The number of aromatic amines is 1. The van der Waals surface area contributed by atoms with Crippen LogP contribution < -0.4 is 15.0 Å². The first-order valence-corrected chi connectivity index (χ1v) is 14.2. The Morgan fingerprint density at radius 3 is 2.67 bits per heavy atom. The molecule has 0 amide bonds. The maximum atomic E-state index is 16.5. The van der Waals surface area contributed by atoms with E-state index in [1.54, 1.807) is 6.20 Å². The van der Waals surface area contributed by atoms with Crippen LogP contribution in [0.25, 0.3) is 32.9 Å². The van der Waals surface area contributed by atoms with Crippen molar-refractivity contribution in [2.45, 2.75) is 50.3 Å². The molecular weight excluding hydrogens is 529 g/mol. The molecule has 2 fully saturated rings. The molecule has 3 aromatic heterocycles. The third kappa shape index (κ3) is 3.98. The number of anilines is 1. The number of aryl methyl sites for hydroxylation is 1. The van der Waals surface area contributed by atoms with Gasteiger partial charge in [-0.1, -0.05) is 41.9 Å². The SMILES string of the molecule is Fc1c(-c2cccc3cccc(Cl)c23)ncc2c(N3CC4CCC(C3)N4)nc(OC3CCc4cn[nH]c4C3)nc12. The number of nitrogens with one attached hydrogen (secondary N) is 2. The molecule has 3 aliphatic rings. The quantitative estimate of drug-likeness (QED) is 0.313. The molecule has 8 nitrogen and oxygen atoms in total. The Hall–Kier alpha value is -3.82. The number of pyridine rings is 1. The Balaban J connectivity index is 1.26. The van der Waals surface area contributed by atoms with Gasteiger partial charge in [-0.2, -0.15) is 15.1 Å². The largest absolute Gasteiger partial charge is 0.460 e. The minimum absolute atomic E-state index is 0.126. The number of nitrogens with zero attached hydrogens (tertiary/aromatic N) is 5. The summed E-state index contributed by atoms with van der Waals surface area (Å²) < 4.78 is 22.9. The predicted molar refractivity (Wildman–Crippen MR) is 152 cm³/mol. The molecule has 3 unspecified atom stereocenters. The number of hydrogen-bond donors (Lipinski definition) is 2. The Bertz CT molecular complexity index is 1760. The fourth-order valence-corrected chi connectivity index (χ4v) is 6.88. The van der Waals surface area contributed by atoms with Gasteiger partial charge in [-0.3, -0.25) is 10.1 Å². The molecule has 2 bridgehead atoms. The predicted octanol–water partition coefficient (Wildman–Crippen LogP) is 5.24. The summed E-state index contributed by atoms with van der Waals surface area (Å²) in [6.07, 6.45) is 8.06. The molecule has 2 saturated heterocycles. The van der Waals surface area contributed by atoms with Crippen LogP contribution in [0, 0.1) is 5.82 Å². The van der Waals surface area contributed by atoms with Crippen molar-refractivity contribution in [1.82, 2.24) is 30.5 Å². The summed E-state index contributed by atoms with van der Waals surface area (Å²) in [7, 11) is 0. The van der Waals surface area contributed by atoms with Crippen LogP contribution in [0.15, 0.2) is 48.8 Å². The van der Waals surface area contributed by atoms with Crippen LogP contribution in [0.4, 0.5) is 10.2 Å². The number of fused-ring (bicyclic) bond motifs is 5. The summed E-state index contributed by atoms with van der Waals surface area (Å²) in [5.41, 5.74) is 3.33. The van der Waals surface area contributed by atoms with E-state index in [0.717, 1.165) is 55.2 Å². The number of ether oxygens (including phenoxy) is 1. The van der Waals surface area contributed by atoms with Gasteiger partial charge in [0, 0.05) is 59.5 Å². The van der Waals surface area contributed by atoms with Crippen LogP contribution in [0.2, 0.25) is 5.02 Å². The molecule has 1 aliphatic carbocycles. The summed E-state index contributed by atoms with van der Waals surface area (Å²) in [4.78, 5) is 16.4. The van der Waals surface area contributed by atoms with Gasteiger partial charge in [0.1, 0.15) is 23.1 Å². The van der Waals surface area contributed by atoms with Gasteiger partial charge < -0.3 is 15.0 Å². The van der Waals surface area contributed by atoms with E-state index in [1.165, 1.54) is 5.56 Å². The number of benzene rings is 2. The number of rotatable bonds is 4. The lowest BCUT2D eigenvalue weighted by Crippen LogP contribution is -2.51. The number of aromatic nitrogens is 5. The third-order valence-electron chi connectivity index (χ3n) is 8.52. The summed E-state index contributed by atoms with van der Waals surface area (Å²) in [6, 6.07) is 12.3. The molecule has 8 rings (SSSR count). The highest BCUT2D eigenvalue weighted by Crippen LogP contribution is 2.38. The molecule has 0 saturated carbocycles. The van der Waals surface area contributed by atoms with Crippen molar-refractivity contribution in [2.75, 3.05) is 18.0 Å². The van der Waals surface area contributed by atoms with Gasteiger partial charge in [-0.05, 0) is 42.7 Å². The normalized spacial score (nSPS) is 22.1. The standard InChI is InChI=1S/C30H27ClFN7O/c31-23-6-2-4-16-3-1-5-21(25(16)23)27-26(32)28-22(13-33-27)29(39-14-18-8-9-19(15-39)35-18)37-30(36-28)40-20-10-7-17-12-34-38-24(17)11-20/h1-6,12-13,18-20,35H,7-11,14-15H2,(H,34,38). The van der Waals surface area contributed by atoms with Gasteiger partial charge in [0.25, 0.3) is 0 Å². The van der Waals surface area contributed by atoms with Gasteiger partial charge in [-0.15, -0.1) is 0 Å². The van der Waals surface area contributed by atoms with Gasteiger partial charge in [-0.25, -0.2) is 4.39 Å². The molecule has 0 radical (unpaired) electrons. The van der Waals surface area contributed by atoms with E-state index < -0.39 is 5.82 Å². The van der Waals surface area contributed by atoms with E-state index in [2.05, 4.69) is 30.4 Å². The lowest BCUT2D eigenvalue weighted by molar-refractivity contribution is 0.168. The lowest BCUT2D eigenvalue weighted by Gasteiger charge is -2.34. The Kier molecular flexibility index (Phi) is 5.63. The second-order valence-electron chi connectivity index (χ2n) is 11.1. The smallest absolute Gasteiger partial charge is 0.319 e. The van der Waals surface area contributed by atoms with Crippen molar-refractivity contribution in [3.05, 3.63) is 70.9 Å². The first-order valence-electron chi connectivity index (χ1n) is 13.8. The monoisotopic (exact) mass is 555 g/mol. The number of piperazine rings is 1.